The minimum absolute atomic E-state index is 0.122. The zero-order chi connectivity index (χ0) is 20.1. The number of amides is 1. The molecule has 1 N–H and O–H groups in total. The van der Waals surface area contributed by atoms with E-state index in [-0.39, 0.29) is 24.7 Å². The van der Waals surface area contributed by atoms with E-state index in [1.54, 1.807) is 4.90 Å². The van der Waals surface area contributed by atoms with Gasteiger partial charge in [0.25, 0.3) is 0 Å². The lowest BCUT2D eigenvalue weighted by atomic mass is 9.74. The number of unbranched alkanes of at least 4 members (excludes halogenated alkanes) is 3. The molecule has 2 heterocycles. The Hall–Kier alpha value is -1.30. The molecule has 6 heteroatoms. The number of hydrogen-bond acceptors (Lipinski definition) is 4. The van der Waals surface area contributed by atoms with Crippen LogP contribution in [0.3, 0.4) is 0 Å². The highest BCUT2D eigenvalue weighted by molar-refractivity contribution is 5.68. The molecule has 3 aliphatic rings. The van der Waals surface area contributed by atoms with E-state index in [2.05, 4.69) is 0 Å². The molecule has 2 bridgehead atoms. The van der Waals surface area contributed by atoms with Gasteiger partial charge in [-0.15, -0.1) is 0 Å². The molecule has 160 valence electrons. The highest BCUT2D eigenvalue weighted by atomic mass is 16.6. The van der Waals surface area contributed by atoms with Gasteiger partial charge in [0.2, 0.25) is 0 Å². The van der Waals surface area contributed by atoms with Gasteiger partial charge < -0.3 is 19.5 Å². The Bertz CT molecular complexity index is 533. The Kier molecular flexibility index (Phi) is 7.61. The second-order valence-electron chi connectivity index (χ2n) is 9.02. The van der Waals surface area contributed by atoms with Crippen molar-refractivity contribution in [3.05, 3.63) is 0 Å². The molecular weight excluding hydrogens is 358 g/mol. The summed E-state index contributed by atoms with van der Waals surface area (Å²) in [5.41, 5.74) is 0. The van der Waals surface area contributed by atoms with Crippen LogP contribution in [0.15, 0.2) is 0 Å². The Balaban J connectivity index is 1.46. The molecule has 0 aromatic heterocycles. The molecule has 0 aromatic carbocycles. The van der Waals surface area contributed by atoms with E-state index in [9.17, 15) is 9.59 Å². The molecule has 0 aromatic rings. The third-order valence-corrected chi connectivity index (χ3v) is 7.15. The maximum absolute atomic E-state index is 12.6. The summed E-state index contributed by atoms with van der Waals surface area (Å²) in [6.07, 6.45) is 12.2. The van der Waals surface area contributed by atoms with E-state index in [1.807, 2.05) is 14.0 Å². The summed E-state index contributed by atoms with van der Waals surface area (Å²) in [6.45, 7) is 2.04. The zero-order valence-electron chi connectivity index (χ0n) is 17.5. The van der Waals surface area contributed by atoms with E-state index in [0.717, 1.165) is 57.8 Å². The number of carboxylic acid groups (broad SMARTS) is 1. The normalized spacial score (nSPS) is 30.5. The van der Waals surface area contributed by atoms with E-state index < -0.39 is 5.97 Å². The molecule has 28 heavy (non-hydrogen) atoms. The lowest BCUT2D eigenvalue weighted by Crippen LogP contribution is -2.42. The Morgan fingerprint density at radius 1 is 1.07 bits per heavy atom. The van der Waals surface area contributed by atoms with Crippen molar-refractivity contribution in [1.29, 1.82) is 0 Å². The van der Waals surface area contributed by atoms with Crippen molar-refractivity contribution >= 4 is 12.1 Å². The van der Waals surface area contributed by atoms with Crippen LogP contribution in [0, 0.1) is 11.8 Å². The second kappa shape index (κ2) is 9.95. The van der Waals surface area contributed by atoms with Crippen molar-refractivity contribution in [2.45, 2.75) is 108 Å². The third kappa shape index (κ3) is 5.19. The van der Waals surface area contributed by atoms with Crippen molar-refractivity contribution < 1.29 is 24.2 Å². The predicted octanol–water partition coefficient (Wildman–Crippen LogP) is 4.60. The zero-order valence-corrected chi connectivity index (χ0v) is 17.5. The van der Waals surface area contributed by atoms with Crippen LogP contribution in [0.2, 0.25) is 0 Å². The molecule has 2 saturated heterocycles. The number of aliphatic carboxylic acids is 1. The van der Waals surface area contributed by atoms with Gasteiger partial charge >= 0.3 is 12.1 Å². The van der Waals surface area contributed by atoms with Gasteiger partial charge in [-0.1, -0.05) is 32.1 Å². The summed E-state index contributed by atoms with van der Waals surface area (Å²) in [5, 5.41) is 8.73. The minimum atomic E-state index is -0.709. The topological polar surface area (TPSA) is 76.1 Å². The van der Waals surface area contributed by atoms with Gasteiger partial charge in [-0.05, 0) is 51.4 Å². The third-order valence-electron chi connectivity index (χ3n) is 7.15. The van der Waals surface area contributed by atoms with Gasteiger partial charge in [0.05, 0.1) is 12.2 Å². The van der Waals surface area contributed by atoms with Crippen LogP contribution in [-0.2, 0) is 14.3 Å². The summed E-state index contributed by atoms with van der Waals surface area (Å²) >= 11 is 0. The van der Waals surface area contributed by atoms with Gasteiger partial charge in [0, 0.05) is 25.4 Å². The van der Waals surface area contributed by atoms with E-state index in [1.165, 1.54) is 12.8 Å². The highest BCUT2D eigenvalue weighted by Gasteiger charge is 2.51. The van der Waals surface area contributed by atoms with Crippen LogP contribution < -0.4 is 0 Å². The van der Waals surface area contributed by atoms with E-state index in [0.29, 0.717) is 24.0 Å². The number of fused-ring (bicyclic) bond motifs is 2. The molecule has 1 aliphatic carbocycles. The van der Waals surface area contributed by atoms with Crippen LogP contribution in [0.25, 0.3) is 0 Å². The van der Waals surface area contributed by atoms with Crippen LogP contribution in [0.4, 0.5) is 4.79 Å². The number of hydrogen-bond donors (Lipinski definition) is 1. The first-order valence-corrected chi connectivity index (χ1v) is 11.3. The molecular formula is C22H37NO5. The number of nitrogens with zero attached hydrogens (tertiary/aromatic N) is 1. The van der Waals surface area contributed by atoms with E-state index >= 15 is 0 Å². The van der Waals surface area contributed by atoms with E-state index in [4.69, 9.17) is 14.6 Å². The summed E-state index contributed by atoms with van der Waals surface area (Å²) in [4.78, 5) is 25.0. The summed E-state index contributed by atoms with van der Waals surface area (Å²) < 4.78 is 12.1. The quantitative estimate of drug-likeness (QED) is 0.547. The largest absolute Gasteiger partial charge is 0.481 e. The monoisotopic (exact) mass is 395 g/mol. The highest BCUT2D eigenvalue weighted by Crippen LogP contribution is 2.47. The Morgan fingerprint density at radius 3 is 2.46 bits per heavy atom. The SMILES string of the molecule is CC(OC(=O)N(C)C1CCCC1)C1C2CCC(O2)C1CCCCCCC(=O)O. The smallest absolute Gasteiger partial charge is 0.410 e. The van der Waals surface area contributed by atoms with Crippen LogP contribution in [0.5, 0.6) is 0 Å². The molecule has 0 spiro atoms. The number of carbonyl (C=O) groups is 2. The first kappa shape index (κ1) is 21.4. The summed E-state index contributed by atoms with van der Waals surface area (Å²) in [6, 6.07) is 0.331. The van der Waals surface area contributed by atoms with Crippen molar-refractivity contribution in [2.75, 3.05) is 7.05 Å². The molecule has 5 unspecified atom stereocenters. The van der Waals surface area contributed by atoms with Crippen molar-refractivity contribution in [3.63, 3.8) is 0 Å². The Labute approximate surface area is 168 Å². The lowest BCUT2D eigenvalue weighted by Gasteiger charge is -2.34. The first-order valence-electron chi connectivity index (χ1n) is 11.3. The molecule has 1 saturated carbocycles. The van der Waals surface area contributed by atoms with Gasteiger partial charge in [0.15, 0.2) is 0 Å². The van der Waals surface area contributed by atoms with Gasteiger partial charge in [-0.2, -0.15) is 0 Å². The van der Waals surface area contributed by atoms with Crippen molar-refractivity contribution in [3.8, 4) is 0 Å². The fourth-order valence-corrected chi connectivity index (χ4v) is 5.61. The average molecular weight is 396 g/mol. The van der Waals surface area contributed by atoms with Gasteiger partial charge in [0.1, 0.15) is 6.10 Å². The second-order valence-corrected chi connectivity index (χ2v) is 9.02. The minimum Gasteiger partial charge on any atom is -0.481 e. The summed E-state index contributed by atoms with van der Waals surface area (Å²) in [7, 11) is 1.87. The predicted molar refractivity (Wildman–Crippen MR) is 106 cm³/mol. The lowest BCUT2D eigenvalue weighted by molar-refractivity contribution is -0.137. The molecule has 5 atom stereocenters. The van der Waals surface area contributed by atoms with Crippen LogP contribution in [-0.4, -0.2) is 53.5 Å². The average Bonchev–Trinajstić information content (AvgIpc) is 3.40. The van der Waals surface area contributed by atoms with Crippen LogP contribution in [0.1, 0.15) is 84.0 Å². The number of carboxylic acids is 1. The molecule has 6 nitrogen and oxygen atoms in total. The molecule has 1 amide bonds. The fourth-order valence-electron chi connectivity index (χ4n) is 5.61. The maximum Gasteiger partial charge on any atom is 0.410 e. The molecule has 2 aliphatic heterocycles. The number of ether oxygens (including phenoxy) is 2. The number of carbonyl (C=O) groups excluding carboxylic acids is 1. The molecule has 3 fully saturated rings. The Morgan fingerprint density at radius 2 is 1.75 bits per heavy atom. The fraction of sp³-hybridized carbons (Fsp3) is 0.909. The van der Waals surface area contributed by atoms with Crippen molar-refractivity contribution in [1.82, 2.24) is 4.90 Å². The van der Waals surface area contributed by atoms with Crippen LogP contribution >= 0.6 is 0 Å². The first-order chi connectivity index (χ1) is 13.5. The van der Waals surface area contributed by atoms with Gasteiger partial charge in [-0.25, -0.2) is 4.79 Å². The molecule has 3 rings (SSSR count). The van der Waals surface area contributed by atoms with Crippen molar-refractivity contribution in [2.24, 2.45) is 11.8 Å². The number of rotatable bonds is 10. The van der Waals surface area contributed by atoms with Gasteiger partial charge in [-0.3, -0.25) is 4.79 Å². The summed E-state index contributed by atoms with van der Waals surface area (Å²) in [5.74, 6) is 0.0382. The standard InChI is InChI=1S/C22H37NO5/c1-15(27-22(26)23(2)16-9-7-8-10-16)21-17(18-13-14-19(21)28-18)11-5-3-4-6-12-20(24)25/h15-19,21H,3-14H2,1-2H3,(H,24,25). The maximum atomic E-state index is 12.6. The molecule has 0 radical (unpaired) electrons.